The fourth-order valence-electron chi connectivity index (χ4n) is 1.11. The highest BCUT2D eigenvalue weighted by Gasteiger charge is 1.91. The van der Waals surface area contributed by atoms with Crippen LogP contribution < -0.4 is 9.67 Å². The lowest BCUT2D eigenvalue weighted by Gasteiger charge is -1.91. The normalized spacial score (nSPS) is 9.31. The van der Waals surface area contributed by atoms with E-state index in [1.807, 2.05) is 18.7 Å². The van der Waals surface area contributed by atoms with Crippen molar-refractivity contribution in [3.63, 3.8) is 0 Å². The highest BCUT2D eigenvalue weighted by Crippen LogP contribution is 1.95. The first-order valence-electron chi connectivity index (χ1n) is 5.00. The molecular formula is C11H14N2O3. The van der Waals surface area contributed by atoms with E-state index < -0.39 is 5.97 Å². The third-order valence-corrected chi connectivity index (χ3v) is 1.81. The maximum absolute atomic E-state index is 9.86. The molecule has 0 fully saturated rings. The molecule has 5 nitrogen and oxygen atoms in total. The van der Waals surface area contributed by atoms with Crippen LogP contribution in [0.4, 0.5) is 0 Å². The number of aryl methyl sites for hydroxylation is 1. The molecule has 86 valence electrons. The minimum Gasteiger partial charge on any atom is -0.542 e. The molecule has 2 aromatic heterocycles. The Kier molecular flexibility index (Phi) is 4.85. The number of nitrogens with zero attached hydrogens (tertiary/aromatic N) is 1. The van der Waals surface area contributed by atoms with Gasteiger partial charge in [0.2, 0.25) is 6.33 Å². The first kappa shape index (κ1) is 12.0. The summed E-state index contributed by atoms with van der Waals surface area (Å²) in [5.74, 6) is -1.42. The van der Waals surface area contributed by atoms with Crippen LogP contribution in [-0.2, 0) is 6.54 Å². The molecule has 0 saturated carbocycles. The fourth-order valence-corrected chi connectivity index (χ4v) is 1.11. The van der Waals surface area contributed by atoms with Crippen LogP contribution in [0.1, 0.15) is 23.9 Å². The van der Waals surface area contributed by atoms with Crippen LogP contribution in [0, 0.1) is 0 Å². The van der Waals surface area contributed by atoms with E-state index in [-0.39, 0.29) is 5.76 Å². The molecule has 0 aliphatic rings. The second-order valence-corrected chi connectivity index (χ2v) is 3.11. The number of nitrogens with one attached hydrogen (secondary N) is 1. The average Bonchev–Trinajstić information content (AvgIpc) is 2.91. The van der Waals surface area contributed by atoms with Gasteiger partial charge in [0.05, 0.1) is 12.8 Å². The van der Waals surface area contributed by atoms with Crippen molar-refractivity contribution in [1.29, 1.82) is 0 Å². The van der Waals surface area contributed by atoms with E-state index in [1.165, 1.54) is 24.8 Å². The molecule has 0 aromatic carbocycles. The van der Waals surface area contributed by atoms with Crippen molar-refractivity contribution in [2.45, 2.75) is 19.9 Å². The van der Waals surface area contributed by atoms with Crippen molar-refractivity contribution in [3.05, 3.63) is 42.9 Å². The number of furan rings is 1. The van der Waals surface area contributed by atoms with Gasteiger partial charge in [0.15, 0.2) is 0 Å². The minimum atomic E-state index is -1.28. The van der Waals surface area contributed by atoms with E-state index in [0.29, 0.717) is 0 Å². The number of carboxylic acids is 1. The summed E-state index contributed by atoms with van der Waals surface area (Å²) < 4.78 is 6.56. The Labute approximate surface area is 93.3 Å². The van der Waals surface area contributed by atoms with E-state index >= 15 is 0 Å². The molecule has 0 radical (unpaired) electrons. The van der Waals surface area contributed by atoms with Gasteiger partial charge >= 0.3 is 0 Å². The Hall–Kier alpha value is -2.04. The molecule has 2 heterocycles. The molecule has 16 heavy (non-hydrogen) atoms. The van der Waals surface area contributed by atoms with E-state index in [0.717, 1.165) is 6.54 Å². The molecule has 2 rings (SSSR count). The molecule has 1 N–H and O–H groups in total. The summed E-state index contributed by atoms with van der Waals surface area (Å²) >= 11 is 0. The summed E-state index contributed by atoms with van der Waals surface area (Å²) in [6, 6.07) is 2.82. The Morgan fingerprint density at radius 1 is 1.62 bits per heavy atom. The van der Waals surface area contributed by atoms with Crippen molar-refractivity contribution in [2.24, 2.45) is 0 Å². The zero-order chi connectivity index (χ0) is 11.8. The van der Waals surface area contributed by atoms with Crippen LogP contribution in [0.15, 0.2) is 41.5 Å². The van der Waals surface area contributed by atoms with Gasteiger partial charge in [0, 0.05) is 0 Å². The molecule has 0 saturated heterocycles. The number of hydrogen-bond donors (Lipinski definition) is 1. The van der Waals surface area contributed by atoms with Gasteiger partial charge in [0.25, 0.3) is 0 Å². The SMILES string of the molecule is CCC[n+]1cc[nH]c1.O=C([O-])c1ccco1. The zero-order valence-corrected chi connectivity index (χ0v) is 9.05. The van der Waals surface area contributed by atoms with E-state index in [9.17, 15) is 9.90 Å². The van der Waals surface area contributed by atoms with E-state index in [1.54, 1.807) is 0 Å². The molecule has 0 amide bonds. The summed E-state index contributed by atoms with van der Waals surface area (Å²) in [5, 5.41) is 9.86. The fraction of sp³-hybridized carbons (Fsp3) is 0.273. The van der Waals surface area contributed by atoms with Crippen molar-refractivity contribution in [3.8, 4) is 0 Å². The monoisotopic (exact) mass is 222 g/mol. The lowest BCUT2D eigenvalue weighted by molar-refractivity contribution is -0.695. The van der Waals surface area contributed by atoms with Gasteiger partial charge in [-0.05, 0) is 18.6 Å². The van der Waals surface area contributed by atoms with Gasteiger partial charge in [-0.1, -0.05) is 6.92 Å². The van der Waals surface area contributed by atoms with Gasteiger partial charge in [0.1, 0.15) is 24.1 Å². The highest BCUT2D eigenvalue weighted by molar-refractivity contribution is 5.82. The van der Waals surface area contributed by atoms with Crippen LogP contribution in [0.2, 0.25) is 0 Å². The highest BCUT2D eigenvalue weighted by atomic mass is 16.4. The molecular weight excluding hydrogens is 208 g/mol. The Morgan fingerprint density at radius 3 is 2.81 bits per heavy atom. The number of rotatable bonds is 3. The van der Waals surface area contributed by atoms with Crippen LogP contribution in [-0.4, -0.2) is 11.0 Å². The Bertz CT molecular complexity index is 393. The molecule has 2 aromatic rings. The number of imidazole rings is 1. The molecule has 0 spiro atoms. The van der Waals surface area contributed by atoms with Crippen molar-refractivity contribution in [2.75, 3.05) is 0 Å². The van der Waals surface area contributed by atoms with Crippen LogP contribution in [0.25, 0.3) is 0 Å². The topological polar surface area (TPSA) is 72.9 Å². The number of carbonyl (C=O) groups excluding carboxylic acids is 1. The van der Waals surface area contributed by atoms with Gasteiger partial charge in [-0.15, -0.1) is 0 Å². The molecule has 0 aliphatic heterocycles. The number of aromatic amines is 1. The smallest absolute Gasteiger partial charge is 0.241 e. The van der Waals surface area contributed by atoms with Gasteiger partial charge < -0.3 is 14.3 Å². The molecule has 0 aliphatic carbocycles. The van der Waals surface area contributed by atoms with Gasteiger partial charge in [-0.2, -0.15) is 0 Å². The molecule has 0 atom stereocenters. The summed E-state index contributed by atoms with van der Waals surface area (Å²) in [6.07, 6.45) is 8.40. The molecule has 0 unspecified atom stereocenters. The molecule has 5 heteroatoms. The number of aromatic carboxylic acids is 1. The standard InChI is InChI=1S/C6H10N2.C5H4O3/c1-2-4-8-5-3-7-6-8;6-5(7)4-2-1-3-8-4/h3,5-6H,2,4H2,1H3;1-3H,(H,6,7). The van der Waals surface area contributed by atoms with Crippen LogP contribution >= 0.6 is 0 Å². The minimum absolute atomic E-state index is 0.134. The van der Waals surface area contributed by atoms with E-state index in [4.69, 9.17) is 0 Å². The lowest BCUT2D eigenvalue weighted by atomic mass is 10.5. The predicted octanol–water partition coefficient (Wildman–Crippen LogP) is 0.355. The van der Waals surface area contributed by atoms with Gasteiger partial charge in [-0.3, -0.25) is 4.98 Å². The Morgan fingerprint density at radius 2 is 2.44 bits per heavy atom. The van der Waals surface area contributed by atoms with Crippen molar-refractivity contribution >= 4 is 5.97 Å². The van der Waals surface area contributed by atoms with E-state index in [2.05, 4.69) is 20.9 Å². The largest absolute Gasteiger partial charge is 0.542 e. The van der Waals surface area contributed by atoms with Crippen molar-refractivity contribution in [1.82, 2.24) is 4.98 Å². The molecule has 0 bridgehead atoms. The summed E-state index contributed by atoms with van der Waals surface area (Å²) in [7, 11) is 0. The number of carboxylic acid groups (broad SMARTS) is 1. The van der Waals surface area contributed by atoms with Gasteiger partial charge in [-0.25, -0.2) is 4.57 Å². The second kappa shape index (κ2) is 6.44. The number of H-pyrrole nitrogens is 1. The number of carbonyl (C=O) groups is 1. The third-order valence-electron chi connectivity index (χ3n) is 1.81. The maximum Gasteiger partial charge on any atom is 0.241 e. The number of aromatic nitrogens is 2. The average molecular weight is 222 g/mol. The zero-order valence-electron chi connectivity index (χ0n) is 9.05. The predicted molar refractivity (Wildman–Crippen MR) is 54.3 cm³/mol. The van der Waals surface area contributed by atoms with Crippen LogP contribution in [0.3, 0.4) is 0 Å². The quantitative estimate of drug-likeness (QED) is 0.762. The Balaban J connectivity index is 0.000000160. The summed E-state index contributed by atoms with van der Waals surface area (Å²) in [4.78, 5) is 12.8. The van der Waals surface area contributed by atoms with Crippen molar-refractivity contribution < 1.29 is 18.9 Å². The second-order valence-electron chi connectivity index (χ2n) is 3.11. The van der Waals surface area contributed by atoms with Crippen LogP contribution in [0.5, 0.6) is 0 Å². The first-order chi connectivity index (χ1) is 7.74. The maximum atomic E-state index is 9.86. The summed E-state index contributed by atoms with van der Waals surface area (Å²) in [6.45, 7) is 3.28. The first-order valence-corrected chi connectivity index (χ1v) is 5.00. The third kappa shape index (κ3) is 4.00. The lowest BCUT2D eigenvalue weighted by Crippen LogP contribution is -2.29. The number of hydrogen-bond acceptors (Lipinski definition) is 3. The summed E-state index contributed by atoms with van der Waals surface area (Å²) in [5.41, 5.74) is 0.